The van der Waals surface area contributed by atoms with Crippen LogP contribution in [0.5, 0.6) is 0 Å². The zero-order valence-corrected chi connectivity index (χ0v) is 55.0. The van der Waals surface area contributed by atoms with Gasteiger partial charge in [-0.25, -0.2) is 9.59 Å². The minimum absolute atomic E-state index is 0.0420. The number of likely N-dealkylation sites (tertiary alicyclic amines) is 1. The number of piperidine rings is 1. The van der Waals surface area contributed by atoms with Crippen molar-refractivity contribution in [3.63, 3.8) is 0 Å². The maximum atomic E-state index is 14.9. The van der Waals surface area contributed by atoms with Crippen molar-refractivity contribution >= 4 is 42.8 Å². The van der Waals surface area contributed by atoms with Crippen LogP contribution in [0.1, 0.15) is 161 Å². The van der Waals surface area contributed by atoms with Crippen LogP contribution in [0.2, 0.25) is 5.04 Å². The fraction of sp³-hybridized carbons (Fsp3) is 0.706. The molecule has 4 saturated heterocycles. The maximum Gasteiger partial charge on any atom is 0.411 e. The fourth-order valence-corrected chi connectivity index (χ4v) is 19.1. The molecule has 16 atom stereocenters. The van der Waals surface area contributed by atoms with Gasteiger partial charge in [0.05, 0.1) is 36.6 Å². The number of benzene rings is 2. The SMILES string of the molecule is CO[C@@H](C[C@@H](C)C/C(C)=C/[C@H]1CC(=O)CO[C@@]12C[C@@H]([C@@H](C)[C@H](OC(=O)[C@@H]1CCCCN1C(=O)OC(C)(C)C)/C(C)=C/[C@@H]1CC[C@@H](O[Si](c3ccccc3)(c3ccccc3)C(C)(C)C)[C@H](OC)C1)OC(C)(C)O2)[C@H]1O[C@@H]([C@@H](O)C=O)[C@H](C)C[C@@H]1OC. The maximum absolute atomic E-state index is 14.9. The van der Waals surface area contributed by atoms with Gasteiger partial charge >= 0.3 is 12.1 Å². The molecule has 0 aromatic heterocycles. The summed E-state index contributed by atoms with van der Waals surface area (Å²) in [6, 6.07) is 20.5. The number of rotatable bonds is 21. The highest BCUT2D eigenvalue weighted by Gasteiger charge is 2.57. The molecular formula is C68H103NO15Si. The number of hydrogen-bond donors (Lipinski definition) is 1. The lowest BCUT2D eigenvalue weighted by atomic mass is 9.78. The van der Waals surface area contributed by atoms with E-state index in [0.29, 0.717) is 44.9 Å². The summed E-state index contributed by atoms with van der Waals surface area (Å²) in [5.41, 5.74) is 1.12. The van der Waals surface area contributed by atoms with Gasteiger partial charge in [-0.15, -0.1) is 0 Å². The topological polar surface area (TPSA) is 184 Å². The van der Waals surface area contributed by atoms with Crippen LogP contribution in [0.4, 0.5) is 4.79 Å². The summed E-state index contributed by atoms with van der Waals surface area (Å²) in [4.78, 5) is 55.4. The lowest BCUT2D eigenvalue weighted by Crippen LogP contribution is -2.68. The molecule has 4 aliphatic heterocycles. The van der Waals surface area contributed by atoms with Gasteiger partial charge in [0.25, 0.3) is 8.32 Å². The highest BCUT2D eigenvalue weighted by Crippen LogP contribution is 2.48. The zero-order valence-electron chi connectivity index (χ0n) is 54.0. The monoisotopic (exact) mass is 1200 g/mol. The second kappa shape index (κ2) is 29.0. The van der Waals surface area contributed by atoms with E-state index in [4.69, 9.17) is 47.1 Å². The van der Waals surface area contributed by atoms with Crippen LogP contribution in [-0.2, 0) is 61.4 Å². The van der Waals surface area contributed by atoms with Gasteiger partial charge in [0.1, 0.15) is 36.6 Å². The molecule has 2 aromatic carbocycles. The van der Waals surface area contributed by atoms with Gasteiger partial charge < -0.3 is 57.0 Å². The summed E-state index contributed by atoms with van der Waals surface area (Å²) in [6.45, 7) is 26.5. The van der Waals surface area contributed by atoms with Crippen molar-refractivity contribution in [2.75, 3.05) is 34.5 Å². The summed E-state index contributed by atoms with van der Waals surface area (Å²) in [5, 5.41) is 12.7. The number of aldehydes is 1. The molecule has 0 bridgehead atoms. The number of esters is 1. The first kappa shape index (κ1) is 68.3. The third-order valence-corrected chi connectivity index (χ3v) is 23.5. The Balaban J connectivity index is 1.17. The van der Waals surface area contributed by atoms with Crippen LogP contribution < -0.4 is 10.4 Å². The summed E-state index contributed by atoms with van der Waals surface area (Å²) < 4.78 is 65.6. The molecule has 5 fully saturated rings. The summed E-state index contributed by atoms with van der Waals surface area (Å²) in [7, 11) is 2.14. The number of allylic oxidation sites excluding steroid dienone is 2. The predicted molar refractivity (Wildman–Crippen MR) is 329 cm³/mol. The first-order chi connectivity index (χ1) is 40.1. The minimum Gasteiger partial charge on any atom is -0.456 e. The van der Waals surface area contributed by atoms with E-state index < -0.39 is 92.1 Å². The van der Waals surface area contributed by atoms with Gasteiger partial charge in [-0.3, -0.25) is 9.69 Å². The minimum atomic E-state index is -2.92. The molecule has 85 heavy (non-hydrogen) atoms. The Hall–Kier alpha value is -4.14. The molecule has 0 unspecified atom stereocenters. The Morgan fingerprint density at radius 2 is 1.51 bits per heavy atom. The molecular weight excluding hydrogens is 1100 g/mol. The average molecular weight is 1200 g/mol. The number of ketones is 1. The predicted octanol–water partition coefficient (Wildman–Crippen LogP) is 10.6. The Morgan fingerprint density at radius 1 is 0.859 bits per heavy atom. The van der Waals surface area contributed by atoms with E-state index in [9.17, 15) is 24.3 Å². The number of ether oxygens (including phenoxy) is 9. The van der Waals surface area contributed by atoms with E-state index in [1.54, 1.807) is 21.3 Å². The summed E-state index contributed by atoms with van der Waals surface area (Å²) in [6.07, 6.45) is 5.82. The third kappa shape index (κ3) is 16.6. The molecule has 2 aromatic rings. The Kier molecular flexibility index (Phi) is 23.3. The van der Waals surface area contributed by atoms with Crippen molar-refractivity contribution < 1.29 is 71.3 Å². The van der Waals surface area contributed by atoms with Crippen LogP contribution in [0.3, 0.4) is 0 Å². The van der Waals surface area contributed by atoms with Crippen molar-refractivity contribution in [1.29, 1.82) is 0 Å². The smallest absolute Gasteiger partial charge is 0.411 e. The number of hydrogen-bond acceptors (Lipinski definition) is 15. The van der Waals surface area contributed by atoms with Gasteiger partial charge in [0.2, 0.25) is 0 Å². The molecule has 1 aliphatic carbocycles. The summed E-state index contributed by atoms with van der Waals surface area (Å²) >= 11 is 0. The first-order valence-electron chi connectivity index (χ1n) is 31.3. The number of carbonyl (C=O) groups excluding carboxylic acids is 4. The lowest BCUT2D eigenvalue weighted by Gasteiger charge is -2.53. The summed E-state index contributed by atoms with van der Waals surface area (Å²) in [5.74, 6) is -3.96. The van der Waals surface area contributed by atoms with Crippen LogP contribution in [0, 0.1) is 29.6 Å². The van der Waals surface area contributed by atoms with E-state index in [2.05, 4.69) is 107 Å². The normalized spacial score (nSPS) is 30.9. The van der Waals surface area contributed by atoms with E-state index in [1.807, 2.05) is 55.4 Å². The second-order valence-corrected chi connectivity index (χ2v) is 32.1. The van der Waals surface area contributed by atoms with Gasteiger partial charge in [0, 0.05) is 52.6 Å². The van der Waals surface area contributed by atoms with Crippen LogP contribution in [0.25, 0.3) is 0 Å². The van der Waals surface area contributed by atoms with E-state index in [-0.39, 0.29) is 66.3 Å². The van der Waals surface area contributed by atoms with E-state index in [0.717, 1.165) is 36.8 Å². The number of aliphatic hydroxyl groups excluding tert-OH is 1. The van der Waals surface area contributed by atoms with E-state index >= 15 is 0 Å². The molecule has 1 amide bonds. The molecule has 1 saturated carbocycles. The van der Waals surface area contributed by atoms with Crippen LogP contribution in [0.15, 0.2) is 84.0 Å². The lowest BCUT2D eigenvalue weighted by molar-refractivity contribution is -0.419. The molecule has 5 aliphatic rings. The molecule has 17 heteroatoms. The highest BCUT2D eigenvalue weighted by atomic mass is 28.4. The van der Waals surface area contributed by atoms with Crippen molar-refractivity contribution in [1.82, 2.24) is 4.90 Å². The van der Waals surface area contributed by atoms with Crippen molar-refractivity contribution in [3.05, 3.63) is 84.0 Å². The van der Waals surface area contributed by atoms with Crippen LogP contribution >= 0.6 is 0 Å². The van der Waals surface area contributed by atoms with Gasteiger partial charge in [0.15, 0.2) is 23.6 Å². The molecule has 474 valence electrons. The van der Waals surface area contributed by atoms with Gasteiger partial charge in [-0.05, 0) is 145 Å². The number of amides is 1. The van der Waals surface area contributed by atoms with Gasteiger partial charge in [-0.1, -0.05) is 120 Å². The fourth-order valence-electron chi connectivity index (χ4n) is 14.4. The van der Waals surface area contributed by atoms with Crippen LogP contribution in [-0.4, -0.2) is 155 Å². The number of carbonyl (C=O) groups is 4. The Bertz CT molecular complexity index is 2540. The Morgan fingerprint density at radius 3 is 2.09 bits per heavy atom. The molecule has 4 heterocycles. The quantitative estimate of drug-likeness (QED) is 0.0539. The standard InChI is InChI=1S/C68H103NO15Si/c1-43(33-44(2)35-57(76-15)62-58(77-16)37-46(4)61(79-62)54(72)41-70)34-49-39-50(71)42-78-68(49)40-59(81-67(12,13)84-68)47(5)60(80-63(73)53-29-23-24-32-69(53)64(74)82-65(6,7)8)45(3)36-48-30-31-55(56(38-48)75-14)83-85(66(9,10)11,51-25-19-17-20-26-51)52-27-21-18-22-28-52/h17-22,25-28,34,36,41,44,46-49,53-62,72H,23-24,29-33,35,37-40,42H2,1-16H3/b43-34+,45-36+/t44-,46+,47+,48-,49-,53-,54-,55+,56+,57-,58-,59-,60+,61+,62+,68+/m0/s1. The first-order valence-corrected chi connectivity index (χ1v) is 33.2. The average Bonchev–Trinajstić information content (AvgIpc) is 1.16. The van der Waals surface area contributed by atoms with Crippen molar-refractivity contribution in [2.45, 2.75) is 244 Å². The number of methoxy groups -OCH3 is 3. The molecule has 16 nitrogen and oxygen atoms in total. The molecule has 0 radical (unpaired) electrons. The second-order valence-electron chi connectivity index (χ2n) is 27.8. The zero-order chi connectivity index (χ0) is 62.2. The molecule has 7 rings (SSSR count). The Labute approximate surface area is 508 Å². The van der Waals surface area contributed by atoms with E-state index in [1.165, 1.54) is 15.3 Å². The van der Waals surface area contributed by atoms with Crippen molar-refractivity contribution in [2.24, 2.45) is 29.6 Å². The third-order valence-electron chi connectivity index (χ3n) is 18.4. The van der Waals surface area contributed by atoms with Gasteiger partial charge in [-0.2, -0.15) is 0 Å². The number of aliphatic hydroxyl groups is 1. The largest absolute Gasteiger partial charge is 0.456 e. The molecule has 1 spiro atoms. The molecule has 1 N–H and O–H groups in total. The van der Waals surface area contributed by atoms with Crippen molar-refractivity contribution in [3.8, 4) is 0 Å². The number of nitrogens with zero attached hydrogens (tertiary/aromatic N) is 1. The highest BCUT2D eigenvalue weighted by molar-refractivity contribution is 6.99. The number of Topliss-reactive ketones (excluding diaryl/α,β-unsaturated/α-hetero) is 1.